The van der Waals surface area contributed by atoms with E-state index < -0.39 is 3.93 Å². The van der Waals surface area contributed by atoms with E-state index in [-0.39, 0.29) is 0 Å². The van der Waals surface area contributed by atoms with Crippen molar-refractivity contribution in [3.63, 3.8) is 0 Å². The summed E-state index contributed by atoms with van der Waals surface area (Å²) in [6.45, 7) is 7.33. The molecule has 14 heavy (non-hydrogen) atoms. The molecule has 0 heterocycles. The largest absolute Gasteiger partial charge is 0.377 e. The van der Waals surface area contributed by atoms with Crippen molar-refractivity contribution in [1.29, 1.82) is 0 Å². The van der Waals surface area contributed by atoms with Gasteiger partial charge in [-0.3, -0.25) is 0 Å². The molecule has 0 amide bonds. The van der Waals surface area contributed by atoms with Gasteiger partial charge in [0.2, 0.25) is 0 Å². The lowest BCUT2D eigenvalue weighted by atomic mass is 10.3. The van der Waals surface area contributed by atoms with Crippen molar-refractivity contribution < 1.29 is 4.74 Å². The minimum Gasteiger partial charge on any atom is -0.377 e. The molecule has 1 nitrogen and oxygen atoms in total. The van der Waals surface area contributed by atoms with E-state index in [0.717, 1.165) is 18.6 Å². The van der Waals surface area contributed by atoms with Crippen LogP contribution in [0.3, 0.4) is 0 Å². The Labute approximate surface area is 111 Å². The van der Waals surface area contributed by atoms with Crippen LogP contribution in [0, 0.1) is 0 Å². The van der Waals surface area contributed by atoms with Gasteiger partial charge in [0, 0.05) is 6.61 Å². The van der Waals surface area contributed by atoms with Gasteiger partial charge in [0.1, 0.15) is 0 Å². The number of rotatable bonds is 8. The molecule has 0 aliphatic heterocycles. The van der Waals surface area contributed by atoms with Crippen LogP contribution in [0.4, 0.5) is 0 Å². The van der Waals surface area contributed by atoms with Crippen LogP contribution in [0.15, 0.2) is 12.2 Å². The Morgan fingerprint density at radius 3 is 2.36 bits per heavy atom. The lowest BCUT2D eigenvalue weighted by Gasteiger charge is -2.08. The van der Waals surface area contributed by atoms with Gasteiger partial charge in [-0.05, 0) is 19.4 Å². The van der Waals surface area contributed by atoms with Crippen molar-refractivity contribution in [2.24, 2.45) is 0 Å². The third-order valence-corrected chi connectivity index (χ3v) is 6.09. The molecule has 0 radical (unpaired) electrons. The minimum absolute atomic E-state index is 0.702. The second-order valence-corrected chi connectivity index (χ2v) is 26.9. The zero-order valence-corrected chi connectivity index (χ0v) is 14.2. The van der Waals surface area contributed by atoms with Gasteiger partial charge in [-0.15, -0.1) is 0 Å². The standard InChI is InChI=1S/C9H17Br3OSi/c1-9(2)8-13-6-4-3-5-7-14(10,11)12/h1,3-8H2,2H3. The summed E-state index contributed by atoms with van der Waals surface area (Å²) in [4.78, 5) is 0. The molecule has 0 aromatic heterocycles. The Morgan fingerprint density at radius 2 is 1.86 bits per heavy atom. The molecule has 0 fully saturated rings. The minimum atomic E-state index is -1.36. The molecule has 0 aliphatic carbocycles. The van der Waals surface area contributed by atoms with Crippen LogP contribution >= 0.6 is 45.9 Å². The van der Waals surface area contributed by atoms with E-state index in [1.165, 1.54) is 18.9 Å². The van der Waals surface area contributed by atoms with Gasteiger partial charge < -0.3 is 4.74 Å². The van der Waals surface area contributed by atoms with Crippen LogP contribution in [0.25, 0.3) is 0 Å². The maximum atomic E-state index is 5.40. The first-order valence-corrected chi connectivity index (χ1v) is 13.7. The summed E-state index contributed by atoms with van der Waals surface area (Å²) in [5.41, 5.74) is 1.10. The summed E-state index contributed by atoms with van der Waals surface area (Å²) in [6, 6.07) is 1.20. The van der Waals surface area contributed by atoms with Crippen molar-refractivity contribution in [1.82, 2.24) is 0 Å². The highest BCUT2D eigenvalue weighted by atomic mass is 80.0. The van der Waals surface area contributed by atoms with Gasteiger partial charge in [-0.1, -0.05) is 70.9 Å². The van der Waals surface area contributed by atoms with E-state index in [9.17, 15) is 0 Å². The first-order valence-electron chi connectivity index (χ1n) is 4.70. The van der Waals surface area contributed by atoms with E-state index in [4.69, 9.17) is 4.74 Å². The highest BCUT2D eigenvalue weighted by molar-refractivity contribution is 9.72. The fraction of sp³-hybridized carbons (Fsp3) is 0.778. The zero-order chi connectivity index (χ0) is 11.0. The third-order valence-electron chi connectivity index (χ3n) is 1.60. The van der Waals surface area contributed by atoms with Gasteiger partial charge >= 0.3 is 0 Å². The molecule has 0 N–H and O–H groups in total. The molecule has 0 aromatic rings. The number of halogens is 3. The summed E-state index contributed by atoms with van der Waals surface area (Å²) >= 11 is 10.8. The summed E-state index contributed by atoms with van der Waals surface area (Å²) in [7, 11) is 0. The lowest BCUT2D eigenvalue weighted by molar-refractivity contribution is 0.152. The molecule has 0 aromatic carbocycles. The van der Waals surface area contributed by atoms with E-state index in [1.54, 1.807) is 0 Å². The Kier molecular flexibility index (Phi) is 9.33. The average Bonchev–Trinajstić information content (AvgIpc) is 2.00. The number of unbranched alkanes of at least 4 members (excludes halogenated alkanes) is 2. The molecule has 0 spiro atoms. The molecule has 0 unspecified atom stereocenters. The van der Waals surface area contributed by atoms with Gasteiger partial charge in [0.05, 0.1) is 6.61 Å². The highest BCUT2D eigenvalue weighted by Gasteiger charge is 2.20. The molecule has 0 bridgehead atoms. The molecule has 0 atom stereocenters. The predicted molar refractivity (Wildman–Crippen MR) is 76.8 cm³/mol. The molecule has 0 saturated heterocycles. The van der Waals surface area contributed by atoms with Crippen LogP contribution in [0.1, 0.15) is 26.2 Å². The SMILES string of the molecule is C=C(C)COCCCCC[Si](Br)(Br)Br. The Bertz CT molecular complexity index is 168. The Morgan fingerprint density at radius 1 is 1.21 bits per heavy atom. The quantitative estimate of drug-likeness (QED) is 0.241. The zero-order valence-electron chi connectivity index (χ0n) is 8.49. The van der Waals surface area contributed by atoms with Crippen LogP contribution < -0.4 is 0 Å². The maximum absolute atomic E-state index is 5.40. The van der Waals surface area contributed by atoms with Crippen molar-refractivity contribution in [2.75, 3.05) is 13.2 Å². The van der Waals surface area contributed by atoms with Crippen molar-refractivity contribution in [2.45, 2.75) is 32.2 Å². The summed E-state index contributed by atoms with van der Waals surface area (Å²) < 4.78 is 4.04. The molecule has 0 aliphatic rings. The van der Waals surface area contributed by atoms with Gasteiger partial charge in [0.25, 0.3) is 3.93 Å². The average molecular weight is 409 g/mol. The van der Waals surface area contributed by atoms with E-state index in [1.807, 2.05) is 6.92 Å². The third kappa shape index (κ3) is 13.4. The summed E-state index contributed by atoms with van der Waals surface area (Å²) in [6.07, 6.45) is 3.61. The van der Waals surface area contributed by atoms with E-state index >= 15 is 0 Å². The molecule has 84 valence electrons. The second kappa shape index (κ2) is 8.50. The first kappa shape index (κ1) is 15.4. The molecular formula is C9H17Br3OSi. The fourth-order valence-corrected chi connectivity index (χ4v) is 4.13. The Balaban J connectivity index is 3.11. The normalized spacial score (nSPS) is 11.7. The maximum Gasteiger partial charge on any atom is 0.267 e. The second-order valence-electron chi connectivity index (χ2n) is 3.44. The van der Waals surface area contributed by atoms with Crippen molar-refractivity contribution in [3.05, 3.63) is 12.2 Å². The van der Waals surface area contributed by atoms with E-state index in [0.29, 0.717) is 6.61 Å². The smallest absolute Gasteiger partial charge is 0.267 e. The summed E-state index contributed by atoms with van der Waals surface area (Å²) in [5, 5.41) is 0. The molecule has 5 heteroatoms. The van der Waals surface area contributed by atoms with Gasteiger partial charge in [-0.2, -0.15) is 0 Å². The van der Waals surface area contributed by atoms with Crippen molar-refractivity contribution >= 4 is 49.8 Å². The molecular weight excluding hydrogens is 392 g/mol. The molecule has 0 rings (SSSR count). The van der Waals surface area contributed by atoms with Crippen LogP contribution in [0.5, 0.6) is 0 Å². The molecule has 0 saturated carbocycles. The van der Waals surface area contributed by atoms with Crippen LogP contribution in [-0.4, -0.2) is 17.1 Å². The first-order chi connectivity index (χ1) is 6.42. The van der Waals surface area contributed by atoms with Gasteiger partial charge in [0.15, 0.2) is 0 Å². The van der Waals surface area contributed by atoms with E-state index in [2.05, 4.69) is 52.5 Å². The van der Waals surface area contributed by atoms with Crippen LogP contribution in [-0.2, 0) is 4.74 Å². The monoisotopic (exact) mass is 406 g/mol. The van der Waals surface area contributed by atoms with Gasteiger partial charge in [-0.25, -0.2) is 0 Å². The fourth-order valence-electron chi connectivity index (χ4n) is 0.953. The number of hydrogen-bond acceptors (Lipinski definition) is 1. The van der Waals surface area contributed by atoms with Crippen LogP contribution in [0.2, 0.25) is 6.04 Å². The lowest BCUT2D eigenvalue weighted by Crippen LogP contribution is -2.05. The number of ether oxygens (including phenoxy) is 1. The highest BCUT2D eigenvalue weighted by Crippen LogP contribution is 2.33. The predicted octanol–water partition coefficient (Wildman–Crippen LogP) is 4.87. The Hall–Kier alpha value is 1.36. The number of hydrogen-bond donors (Lipinski definition) is 0. The topological polar surface area (TPSA) is 9.23 Å². The summed E-state index contributed by atoms with van der Waals surface area (Å²) in [5.74, 6) is 0. The van der Waals surface area contributed by atoms with Crippen molar-refractivity contribution in [3.8, 4) is 0 Å².